The Labute approximate surface area is 152 Å². The number of nitrogens with one attached hydrogen (secondary N) is 1. The standard InChI is InChI=1S/C17H19N3O4S2/c1-12-5-4-6-17-19-13(11-20(12)17)10-18-15-8-7-14(25(2,21)22)9-16(15)26(3,23)24/h4-9,11,18H,10H2,1-3H3. The molecule has 3 aromatic rings. The van der Waals surface area contributed by atoms with Gasteiger partial charge in [-0.2, -0.15) is 0 Å². The second-order valence-corrected chi connectivity index (χ2v) is 10.2. The lowest BCUT2D eigenvalue weighted by Gasteiger charge is -2.11. The molecule has 0 atom stereocenters. The van der Waals surface area contributed by atoms with Crippen LogP contribution in [0.1, 0.15) is 11.4 Å². The third-order valence-corrected chi connectivity index (χ3v) is 6.23. The Bertz CT molecular complexity index is 1200. The van der Waals surface area contributed by atoms with Gasteiger partial charge < -0.3 is 9.72 Å². The number of fused-ring (bicyclic) bond motifs is 1. The quantitative estimate of drug-likeness (QED) is 0.713. The Balaban J connectivity index is 1.95. The van der Waals surface area contributed by atoms with E-state index in [2.05, 4.69) is 10.3 Å². The van der Waals surface area contributed by atoms with Gasteiger partial charge in [0.2, 0.25) is 0 Å². The van der Waals surface area contributed by atoms with Crippen molar-refractivity contribution in [3.8, 4) is 0 Å². The highest BCUT2D eigenvalue weighted by Gasteiger charge is 2.18. The van der Waals surface area contributed by atoms with Crippen molar-refractivity contribution in [2.45, 2.75) is 23.3 Å². The van der Waals surface area contributed by atoms with E-state index in [0.29, 0.717) is 12.2 Å². The van der Waals surface area contributed by atoms with Gasteiger partial charge in [0, 0.05) is 24.4 Å². The minimum Gasteiger partial charge on any atom is -0.378 e. The fourth-order valence-corrected chi connectivity index (χ4v) is 4.26. The number of pyridine rings is 1. The number of aromatic nitrogens is 2. The van der Waals surface area contributed by atoms with Crippen LogP contribution < -0.4 is 5.32 Å². The number of imidazole rings is 1. The van der Waals surface area contributed by atoms with E-state index in [-0.39, 0.29) is 9.79 Å². The topological polar surface area (TPSA) is 97.6 Å². The summed E-state index contributed by atoms with van der Waals surface area (Å²) in [5.74, 6) is 0. The van der Waals surface area contributed by atoms with Crippen molar-refractivity contribution in [1.82, 2.24) is 9.38 Å². The van der Waals surface area contributed by atoms with E-state index in [1.807, 2.05) is 35.7 Å². The minimum atomic E-state index is -3.60. The molecule has 7 nitrogen and oxygen atoms in total. The highest BCUT2D eigenvalue weighted by molar-refractivity contribution is 7.91. The van der Waals surface area contributed by atoms with Crippen LogP contribution in [0.5, 0.6) is 0 Å². The average molecular weight is 393 g/mol. The molecule has 0 saturated heterocycles. The highest BCUT2D eigenvalue weighted by Crippen LogP contribution is 2.25. The normalized spacial score (nSPS) is 12.4. The molecule has 0 spiro atoms. The number of hydrogen-bond donors (Lipinski definition) is 1. The molecule has 138 valence electrons. The summed E-state index contributed by atoms with van der Waals surface area (Å²) in [7, 11) is -7.10. The van der Waals surface area contributed by atoms with Crippen molar-refractivity contribution in [2.24, 2.45) is 0 Å². The summed E-state index contributed by atoms with van der Waals surface area (Å²) in [6, 6.07) is 9.81. The Hall–Kier alpha value is -2.39. The molecule has 3 rings (SSSR count). The fraction of sp³-hybridized carbons (Fsp3) is 0.235. The molecule has 26 heavy (non-hydrogen) atoms. The zero-order valence-corrected chi connectivity index (χ0v) is 16.2. The van der Waals surface area contributed by atoms with E-state index in [1.54, 1.807) is 0 Å². The molecule has 0 aliphatic heterocycles. The van der Waals surface area contributed by atoms with Crippen LogP contribution in [0.3, 0.4) is 0 Å². The van der Waals surface area contributed by atoms with Crippen molar-refractivity contribution in [3.63, 3.8) is 0 Å². The van der Waals surface area contributed by atoms with Crippen LogP contribution in [0, 0.1) is 6.92 Å². The molecule has 0 aliphatic rings. The van der Waals surface area contributed by atoms with Gasteiger partial charge in [-0.3, -0.25) is 0 Å². The van der Waals surface area contributed by atoms with Gasteiger partial charge in [0.1, 0.15) is 5.65 Å². The van der Waals surface area contributed by atoms with Crippen LogP contribution in [0.15, 0.2) is 52.4 Å². The number of benzene rings is 1. The molecular formula is C17H19N3O4S2. The zero-order valence-electron chi connectivity index (χ0n) is 14.6. The largest absolute Gasteiger partial charge is 0.378 e. The monoisotopic (exact) mass is 393 g/mol. The van der Waals surface area contributed by atoms with Crippen molar-refractivity contribution in [3.05, 3.63) is 54.0 Å². The third-order valence-electron chi connectivity index (χ3n) is 3.99. The molecule has 0 unspecified atom stereocenters. The molecule has 0 fully saturated rings. The first kappa shape index (κ1) is 18.4. The SMILES string of the molecule is Cc1cccc2nc(CNc3ccc(S(C)(=O)=O)cc3S(C)(=O)=O)cn12. The molecule has 1 N–H and O–H groups in total. The first-order chi connectivity index (χ1) is 12.1. The van der Waals surface area contributed by atoms with Gasteiger partial charge >= 0.3 is 0 Å². The van der Waals surface area contributed by atoms with Gasteiger partial charge in [0.25, 0.3) is 0 Å². The number of nitrogens with zero attached hydrogens (tertiary/aromatic N) is 2. The molecule has 0 bridgehead atoms. The lowest BCUT2D eigenvalue weighted by molar-refractivity contribution is 0.600. The average Bonchev–Trinajstić information content (AvgIpc) is 2.95. The van der Waals surface area contributed by atoms with Gasteiger partial charge in [0.15, 0.2) is 19.7 Å². The number of rotatable bonds is 5. The van der Waals surface area contributed by atoms with E-state index in [4.69, 9.17) is 0 Å². The Morgan fingerprint density at radius 1 is 1.04 bits per heavy atom. The molecule has 0 aliphatic carbocycles. The second kappa shape index (κ2) is 6.40. The third kappa shape index (κ3) is 3.73. The number of anilines is 1. The second-order valence-electron chi connectivity index (χ2n) is 6.18. The molecule has 0 radical (unpaired) electrons. The first-order valence-electron chi connectivity index (χ1n) is 7.77. The summed E-state index contributed by atoms with van der Waals surface area (Å²) < 4.78 is 49.5. The van der Waals surface area contributed by atoms with Crippen LogP contribution in [-0.2, 0) is 26.2 Å². The van der Waals surface area contributed by atoms with E-state index < -0.39 is 19.7 Å². The van der Waals surface area contributed by atoms with Crippen molar-refractivity contribution >= 4 is 31.0 Å². The highest BCUT2D eigenvalue weighted by atomic mass is 32.2. The predicted octanol–water partition coefficient (Wildman–Crippen LogP) is 2.06. The molecule has 2 aromatic heterocycles. The Morgan fingerprint density at radius 2 is 1.77 bits per heavy atom. The smallest absolute Gasteiger partial charge is 0.177 e. The molecule has 0 amide bonds. The summed E-state index contributed by atoms with van der Waals surface area (Å²) >= 11 is 0. The molecule has 2 heterocycles. The van der Waals surface area contributed by atoms with E-state index in [0.717, 1.165) is 29.5 Å². The van der Waals surface area contributed by atoms with Gasteiger partial charge in [-0.15, -0.1) is 0 Å². The van der Waals surface area contributed by atoms with Crippen molar-refractivity contribution in [2.75, 3.05) is 17.8 Å². The lowest BCUT2D eigenvalue weighted by atomic mass is 10.3. The maximum atomic E-state index is 12.1. The fourth-order valence-electron chi connectivity index (χ4n) is 2.66. The lowest BCUT2D eigenvalue weighted by Crippen LogP contribution is -2.08. The van der Waals surface area contributed by atoms with Crippen molar-refractivity contribution in [1.29, 1.82) is 0 Å². The summed E-state index contributed by atoms with van der Waals surface area (Å²) in [4.78, 5) is 4.40. The first-order valence-corrected chi connectivity index (χ1v) is 11.6. The number of aryl methyl sites for hydroxylation is 1. The minimum absolute atomic E-state index is 0.0353. The molecule has 9 heteroatoms. The summed E-state index contributed by atoms with van der Waals surface area (Å²) in [5.41, 5.74) is 2.92. The van der Waals surface area contributed by atoms with Gasteiger partial charge in [0.05, 0.1) is 27.7 Å². The van der Waals surface area contributed by atoms with Crippen LogP contribution >= 0.6 is 0 Å². The Morgan fingerprint density at radius 3 is 2.38 bits per heavy atom. The van der Waals surface area contributed by atoms with Crippen LogP contribution in [0.4, 0.5) is 5.69 Å². The maximum Gasteiger partial charge on any atom is 0.177 e. The van der Waals surface area contributed by atoms with Crippen LogP contribution in [0.25, 0.3) is 5.65 Å². The van der Waals surface area contributed by atoms with Crippen LogP contribution in [-0.4, -0.2) is 38.7 Å². The van der Waals surface area contributed by atoms with Gasteiger partial charge in [-0.05, 0) is 37.3 Å². The summed E-state index contributed by atoms with van der Waals surface area (Å²) in [5, 5.41) is 3.05. The number of sulfone groups is 2. The zero-order chi connectivity index (χ0) is 19.1. The maximum absolute atomic E-state index is 12.1. The molecule has 0 saturated carbocycles. The van der Waals surface area contributed by atoms with Crippen molar-refractivity contribution < 1.29 is 16.8 Å². The van der Waals surface area contributed by atoms with Gasteiger partial charge in [-0.25, -0.2) is 21.8 Å². The van der Waals surface area contributed by atoms with E-state index in [1.165, 1.54) is 18.2 Å². The molecular weight excluding hydrogens is 374 g/mol. The van der Waals surface area contributed by atoms with E-state index >= 15 is 0 Å². The summed E-state index contributed by atoms with van der Waals surface area (Å²) in [6.07, 6.45) is 3.97. The predicted molar refractivity (Wildman–Crippen MR) is 99.9 cm³/mol. The van der Waals surface area contributed by atoms with E-state index in [9.17, 15) is 16.8 Å². The van der Waals surface area contributed by atoms with Crippen LogP contribution in [0.2, 0.25) is 0 Å². The van der Waals surface area contributed by atoms with Gasteiger partial charge in [-0.1, -0.05) is 6.07 Å². The molecule has 1 aromatic carbocycles. The summed E-state index contributed by atoms with van der Waals surface area (Å²) in [6.45, 7) is 2.28. The number of hydrogen-bond acceptors (Lipinski definition) is 6. The Kier molecular flexibility index (Phi) is 4.53.